The SMILES string of the molecule is CNC(=O)c1ncn2cc(-c3c(F)ccc(N)c3F)ccc12. The van der Waals surface area contributed by atoms with Gasteiger partial charge >= 0.3 is 0 Å². The number of amides is 1. The summed E-state index contributed by atoms with van der Waals surface area (Å²) < 4.78 is 29.5. The third-order valence-electron chi connectivity index (χ3n) is 3.38. The molecule has 0 bridgehead atoms. The highest BCUT2D eigenvalue weighted by Gasteiger charge is 2.16. The van der Waals surface area contributed by atoms with Gasteiger partial charge in [0.2, 0.25) is 0 Å². The number of pyridine rings is 1. The zero-order valence-corrected chi connectivity index (χ0v) is 11.6. The van der Waals surface area contributed by atoms with E-state index in [1.54, 1.807) is 6.07 Å². The van der Waals surface area contributed by atoms with Crippen LogP contribution >= 0.6 is 0 Å². The second-order valence-corrected chi connectivity index (χ2v) is 4.71. The van der Waals surface area contributed by atoms with Crippen LogP contribution in [0.5, 0.6) is 0 Å². The van der Waals surface area contributed by atoms with Crippen molar-refractivity contribution < 1.29 is 13.6 Å². The Hall–Kier alpha value is -2.96. The average Bonchev–Trinajstić information content (AvgIpc) is 2.94. The fourth-order valence-corrected chi connectivity index (χ4v) is 2.27. The number of nitrogens with one attached hydrogen (secondary N) is 1. The van der Waals surface area contributed by atoms with Gasteiger partial charge in [0.1, 0.15) is 12.1 Å². The van der Waals surface area contributed by atoms with Crippen LogP contribution < -0.4 is 11.1 Å². The quantitative estimate of drug-likeness (QED) is 0.713. The van der Waals surface area contributed by atoms with Crippen molar-refractivity contribution in [2.45, 2.75) is 0 Å². The molecule has 0 unspecified atom stereocenters. The first-order valence-electron chi connectivity index (χ1n) is 6.45. The molecule has 3 N–H and O–H groups in total. The summed E-state index contributed by atoms with van der Waals surface area (Å²) in [5, 5.41) is 2.48. The molecule has 0 radical (unpaired) electrons. The maximum atomic E-state index is 14.1. The van der Waals surface area contributed by atoms with E-state index in [4.69, 9.17) is 5.73 Å². The maximum Gasteiger partial charge on any atom is 0.271 e. The molecule has 2 heterocycles. The third kappa shape index (κ3) is 2.07. The molecule has 5 nitrogen and oxygen atoms in total. The minimum Gasteiger partial charge on any atom is -0.396 e. The molecule has 0 spiro atoms. The number of fused-ring (bicyclic) bond motifs is 1. The van der Waals surface area contributed by atoms with E-state index in [-0.39, 0.29) is 22.9 Å². The van der Waals surface area contributed by atoms with E-state index in [0.29, 0.717) is 11.1 Å². The van der Waals surface area contributed by atoms with E-state index >= 15 is 0 Å². The lowest BCUT2D eigenvalue weighted by atomic mass is 10.0. The molecular weight excluding hydrogens is 290 g/mol. The molecule has 0 saturated heterocycles. The summed E-state index contributed by atoms with van der Waals surface area (Å²) in [7, 11) is 1.50. The Bertz CT molecular complexity index is 889. The largest absolute Gasteiger partial charge is 0.396 e. The van der Waals surface area contributed by atoms with Crippen molar-refractivity contribution in [2.75, 3.05) is 12.8 Å². The fraction of sp³-hybridized carbons (Fsp3) is 0.0667. The van der Waals surface area contributed by atoms with Gasteiger partial charge in [-0.15, -0.1) is 0 Å². The van der Waals surface area contributed by atoms with Crippen LogP contribution in [-0.4, -0.2) is 22.3 Å². The van der Waals surface area contributed by atoms with Gasteiger partial charge in [0.15, 0.2) is 11.5 Å². The lowest BCUT2D eigenvalue weighted by Crippen LogP contribution is -2.18. The topological polar surface area (TPSA) is 72.4 Å². The Morgan fingerprint density at radius 3 is 2.77 bits per heavy atom. The van der Waals surface area contributed by atoms with Gasteiger partial charge in [-0.2, -0.15) is 0 Å². The molecule has 22 heavy (non-hydrogen) atoms. The van der Waals surface area contributed by atoms with Gasteiger partial charge in [0.25, 0.3) is 5.91 Å². The minimum absolute atomic E-state index is 0.131. The number of nitrogens with zero attached hydrogens (tertiary/aromatic N) is 2. The molecular formula is C15H12F2N4O. The molecule has 1 aromatic carbocycles. The number of nitrogens with two attached hydrogens (primary N) is 1. The predicted molar refractivity (Wildman–Crippen MR) is 78.3 cm³/mol. The Labute approximate surface area is 124 Å². The van der Waals surface area contributed by atoms with Gasteiger partial charge in [-0.05, 0) is 18.2 Å². The number of imidazole rings is 1. The summed E-state index contributed by atoms with van der Waals surface area (Å²) in [6.07, 6.45) is 2.90. The van der Waals surface area contributed by atoms with Gasteiger partial charge in [-0.1, -0.05) is 6.07 Å². The molecule has 1 amide bonds. The number of hydrogen-bond donors (Lipinski definition) is 2. The summed E-state index contributed by atoms with van der Waals surface area (Å²) in [5.41, 5.74) is 6.22. The van der Waals surface area contributed by atoms with Crippen LogP contribution in [0.3, 0.4) is 0 Å². The van der Waals surface area contributed by atoms with Crippen molar-refractivity contribution in [3.05, 3.63) is 54.1 Å². The van der Waals surface area contributed by atoms with Crippen molar-refractivity contribution in [2.24, 2.45) is 0 Å². The molecule has 0 fully saturated rings. The Morgan fingerprint density at radius 2 is 2.05 bits per heavy atom. The van der Waals surface area contributed by atoms with Crippen LogP contribution in [0.2, 0.25) is 0 Å². The third-order valence-corrected chi connectivity index (χ3v) is 3.38. The van der Waals surface area contributed by atoms with Crippen LogP contribution in [0.15, 0.2) is 36.8 Å². The van der Waals surface area contributed by atoms with Crippen LogP contribution in [0.1, 0.15) is 10.5 Å². The summed E-state index contributed by atoms with van der Waals surface area (Å²) in [5.74, 6) is -1.86. The molecule has 3 aromatic rings. The monoisotopic (exact) mass is 302 g/mol. The number of carbonyl (C=O) groups is 1. The van der Waals surface area contributed by atoms with E-state index in [1.165, 1.54) is 36.1 Å². The summed E-state index contributed by atoms with van der Waals surface area (Å²) in [6.45, 7) is 0. The van der Waals surface area contributed by atoms with Crippen molar-refractivity contribution in [3.8, 4) is 11.1 Å². The van der Waals surface area contributed by atoms with Crippen LogP contribution in [0, 0.1) is 11.6 Å². The lowest BCUT2D eigenvalue weighted by Gasteiger charge is -2.08. The first-order chi connectivity index (χ1) is 10.5. The number of anilines is 1. The zero-order chi connectivity index (χ0) is 15.9. The molecule has 112 valence electrons. The van der Waals surface area contributed by atoms with Gasteiger partial charge in [0, 0.05) is 18.8 Å². The standard InChI is InChI=1S/C15H12F2N4O/c1-19-15(22)14-11-5-2-8(6-21(11)7-20-14)12-9(16)3-4-10(18)13(12)17/h2-7H,18H2,1H3,(H,19,22). The fourth-order valence-electron chi connectivity index (χ4n) is 2.27. The number of hydrogen-bond acceptors (Lipinski definition) is 3. The number of halogens is 2. The highest BCUT2D eigenvalue weighted by Crippen LogP contribution is 2.29. The highest BCUT2D eigenvalue weighted by molar-refractivity contribution is 5.98. The zero-order valence-electron chi connectivity index (χ0n) is 11.6. The van der Waals surface area contributed by atoms with E-state index in [1.807, 2.05) is 0 Å². The second kappa shape index (κ2) is 5.10. The molecule has 7 heteroatoms. The number of aromatic nitrogens is 2. The van der Waals surface area contributed by atoms with Crippen molar-refractivity contribution in [3.63, 3.8) is 0 Å². The first kappa shape index (κ1) is 14.0. The number of carbonyl (C=O) groups excluding carboxylic acids is 1. The minimum atomic E-state index is -0.814. The van der Waals surface area contributed by atoms with Crippen LogP contribution in [0.25, 0.3) is 16.6 Å². The van der Waals surface area contributed by atoms with E-state index < -0.39 is 11.6 Å². The number of rotatable bonds is 2. The average molecular weight is 302 g/mol. The van der Waals surface area contributed by atoms with Gasteiger partial charge in [-0.25, -0.2) is 13.8 Å². The molecule has 0 aliphatic carbocycles. The molecule has 0 aliphatic rings. The lowest BCUT2D eigenvalue weighted by molar-refractivity contribution is 0.0960. The van der Waals surface area contributed by atoms with Gasteiger partial charge in [0.05, 0.1) is 16.8 Å². The Kier molecular flexibility index (Phi) is 3.25. The summed E-state index contributed by atoms with van der Waals surface area (Å²) in [6, 6.07) is 5.38. The molecule has 0 aliphatic heterocycles. The van der Waals surface area contributed by atoms with Crippen LogP contribution in [-0.2, 0) is 0 Å². The smallest absolute Gasteiger partial charge is 0.271 e. The molecule has 0 saturated carbocycles. The predicted octanol–water partition coefficient (Wildman–Crippen LogP) is 2.22. The van der Waals surface area contributed by atoms with Gasteiger partial charge < -0.3 is 15.5 Å². The van der Waals surface area contributed by atoms with E-state index in [9.17, 15) is 13.6 Å². The summed E-state index contributed by atoms with van der Waals surface area (Å²) in [4.78, 5) is 15.7. The van der Waals surface area contributed by atoms with E-state index in [0.717, 1.165) is 6.07 Å². The number of benzene rings is 1. The normalized spacial score (nSPS) is 10.9. The molecule has 3 rings (SSSR count). The molecule has 2 aromatic heterocycles. The summed E-state index contributed by atoms with van der Waals surface area (Å²) >= 11 is 0. The molecule has 0 atom stereocenters. The second-order valence-electron chi connectivity index (χ2n) is 4.71. The van der Waals surface area contributed by atoms with Crippen molar-refractivity contribution in [1.29, 1.82) is 0 Å². The van der Waals surface area contributed by atoms with Gasteiger partial charge in [-0.3, -0.25) is 4.79 Å². The van der Waals surface area contributed by atoms with E-state index in [2.05, 4.69) is 10.3 Å². The van der Waals surface area contributed by atoms with Crippen molar-refractivity contribution >= 4 is 17.1 Å². The van der Waals surface area contributed by atoms with Crippen LogP contribution in [0.4, 0.5) is 14.5 Å². The maximum absolute atomic E-state index is 14.1. The Morgan fingerprint density at radius 1 is 1.27 bits per heavy atom. The first-order valence-corrected chi connectivity index (χ1v) is 6.45. The number of nitrogen functional groups attached to an aromatic ring is 1. The van der Waals surface area contributed by atoms with Crippen molar-refractivity contribution in [1.82, 2.24) is 14.7 Å². The highest BCUT2D eigenvalue weighted by atomic mass is 19.1. The Balaban J connectivity index is 2.19.